The number of nitrogens with two attached hydrogens (primary N) is 1. The summed E-state index contributed by atoms with van der Waals surface area (Å²) >= 11 is 6.14. The Morgan fingerprint density at radius 1 is 1.43 bits per heavy atom. The van der Waals surface area contributed by atoms with E-state index in [1.54, 1.807) is 18.2 Å². The fourth-order valence-electron chi connectivity index (χ4n) is 2.52. The van der Waals surface area contributed by atoms with Crippen molar-refractivity contribution in [2.24, 2.45) is 11.7 Å². The van der Waals surface area contributed by atoms with E-state index >= 15 is 0 Å². The van der Waals surface area contributed by atoms with Crippen molar-refractivity contribution in [2.45, 2.75) is 25.3 Å². The summed E-state index contributed by atoms with van der Waals surface area (Å²) < 4.78 is 1.50. The van der Waals surface area contributed by atoms with Gasteiger partial charge in [-0.2, -0.15) is 0 Å². The number of aromatic nitrogens is 4. The van der Waals surface area contributed by atoms with Crippen LogP contribution in [0.5, 0.6) is 0 Å². The lowest BCUT2D eigenvalue weighted by molar-refractivity contribution is -0.119. The molecule has 1 aliphatic rings. The van der Waals surface area contributed by atoms with Gasteiger partial charge in [-0.3, -0.25) is 4.79 Å². The van der Waals surface area contributed by atoms with Gasteiger partial charge >= 0.3 is 0 Å². The summed E-state index contributed by atoms with van der Waals surface area (Å²) in [5.74, 6) is -0.0912. The molecule has 110 valence electrons. The fourth-order valence-corrected chi connectivity index (χ4v) is 2.69. The van der Waals surface area contributed by atoms with Gasteiger partial charge in [0.05, 0.1) is 16.4 Å². The maximum absolute atomic E-state index is 12.2. The molecule has 2 unspecified atom stereocenters. The van der Waals surface area contributed by atoms with Crippen molar-refractivity contribution in [2.75, 3.05) is 5.32 Å². The molecule has 0 radical (unpaired) electrons. The van der Waals surface area contributed by atoms with Gasteiger partial charge in [0.1, 0.15) is 6.33 Å². The average Bonchev–Trinajstić information content (AvgIpc) is 3.12. The topological polar surface area (TPSA) is 98.7 Å². The molecule has 1 saturated carbocycles. The second-order valence-corrected chi connectivity index (χ2v) is 5.59. The van der Waals surface area contributed by atoms with E-state index in [-0.39, 0.29) is 17.9 Å². The van der Waals surface area contributed by atoms with E-state index in [1.165, 1.54) is 11.0 Å². The molecule has 1 heterocycles. The molecule has 1 aromatic heterocycles. The van der Waals surface area contributed by atoms with Gasteiger partial charge in [-0.15, -0.1) is 5.10 Å². The van der Waals surface area contributed by atoms with Crippen LogP contribution in [0.1, 0.15) is 19.3 Å². The largest absolute Gasteiger partial charge is 0.328 e. The zero-order valence-electron chi connectivity index (χ0n) is 11.2. The summed E-state index contributed by atoms with van der Waals surface area (Å²) in [6.07, 6.45) is 3.90. The Kier molecular flexibility index (Phi) is 3.85. The smallest absolute Gasteiger partial charge is 0.227 e. The number of halogens is 1. The van der Waals surface area contributed by atoms with E-state index in [9.17, 15) is 4.79 Å². The van der Waals surface area contributed by atoms with E-state index in [4.69, 9.17) is 17.3 Å². The van der Waals surface area contributed by atoms with Crippen molar-refractivity contribution in [1.29, 1.82) is 0 Å². The molecule has 1 aliphatic carbocycles. The predicted octanol–water partition coefficient (Wildman–Crippen LogP) is 1.38. The van der Waals surface area contributed by atoms with Gasteiger partial charge in [-0.05, 0) is 47.9 Å². The first-order chi connectivity index (χ1) is 10.1. The lowest BCUT2D eigenvalue weighted by Gasteiger charge is -2.13. The van der Waals surface area contributed by atoms with E-state index in [0.29, 0.717) is 10.7 Å². The molecule has 3 rings (SSSR count). The number of tetrazole rings is 1. The van der Waals surface area contributed by atoms with Crippen LogP contribution in [0.3, 0.4) is 0 Å². The molecular formula is C13H15ClN6O. The number of hydrogen-bond donors (Lipinski definition) is 2. The van der Waals surface area contributed by atoms with E-state index < -0.39 is 0 Å². The number of amides is 1. The van der Waals surface area contributed by atoms with Crippen molar-refractivity contribution in [3.8, 4) is 5.69 Å². The zero-order chi connectivity index (χ0) is 14.8. The summed E-state index contributed by atoms with van der Waals surface area (Å²) in [5, 5.41) is 14.3. The number of anilines is 1. The van der Waals surface area contributed by atoms with Crippen molar-refractivity contribution in [3.05, 3.63) is 29.5 Å². The van der Waals surface area contributed by atoms with Gasteiger partial charge in [-0.25, -0.2) is 4.68 Å². The lowest BCUT2D eigenvalue weighted by atomic mass is 10.1. The van der Waals surface area contributed by atoms with Gasteiger partial charge in [0.15, 0.2) is 0 Å². The molecule has 2 aromatic rings. The number of carbonyl (C=O) groups is 1. The molecule has 3 N–H and O–H groups in total. The highest BCUT2D eigenvalue weighted by atomic mass is 35.5. The second-order valence-electron chi connectivity index (χ2n) is 5.18. The number of nitrogens with zero attached hydrogens (tertiary/aromatic N) is 4. The third kappa shape index (κ3) is 3.03. The minimum Gasteiger partial charge on any atom is -0.328 e. The number of carbonyl (C=O) groups excluding carboxylic acids is 1. The molecule has 0 spiro atoms. The van der Waals surface area contributed by atoms with Gasteiger partial charge in [0.25, 0.3) is 0 Å². The molecule has 21 heavy (non-hydrogen) atoms. The van der Waals surface area contributed by atoms with Crippen LogP contribution in [0, 0.1) is 5.92 Å². The van der Waals surface area contributed by atoms with Gasteiger partial charge in [-0.1, -0.05) is 11.6 Å². The third-order valence-electron chi connectivity index (χ3n) is 3.67. The van der Waals surface area contributed by atoms with Crippen LogP contribution in [0.15, 0.2) is 24.5 Å². The highest BCUT2D eigenvalue weighted by Crippen LogP contribution is 2.28. The Labute approximate surface area is 126 Å². The van der Waals surface area contributed by atoms with Gasteiger partial charge < -0.3 is 11.1 Å². The predicted molar refractivity (Wildman–Crippen MR) is 78.1 cm³/mol. The lowest BCUT2D eigenvalue weighted by Crippen LogP contribution is -2.23. The van der Waals surface area contributed by atoms with E-state index in [0.717, 1.165) is 24.9 Å². The Morgan fingerprint density at radius 2 is 2.29 bits per heavy atom. The first kappa shape index (κ1) is 14.0. The normalized spacial score (nSPS) is 21.4. The first-order valence-electron chi connectivity index (χ1n) is 6.73. The number of nitrogens with one attached hydrogen (secondary N) is 1. The Hall–Kier alpha value is -1.99. The minimum absolute atomic E-state index is 0.0429. The molecular weight excluding hydrogens is 292 g/mol. The monoisotopic (exact) mass is 306 g/mol. The zero-order valence-corrected chi connectivity index (χ0v) is 12.0. The molecule has 0 bridgehead atoms. The number of hydrogen-bond acceptors (Lipinski definition) is 5. The summed E-state index contributed by atoms with van der Waals surface area (Å²) in [4.78, 5) is 12.2. The van der Waals surface area contributed by atoms with E-state index in [1.807, 2.05) is 0 Å². The van der Waals surface area contributed by atoms with E-state index in [2.05, 4.69) is 20.8 Å². The molecule has 2 atom stereocenters. The molecule has 1 amide bonds. The van der Waals surface area contributed by atoms with Crippen LogP contribution in [-0.2, 0) is 4.79 Å². The second kappa shape index (κ2) is 5.79. The first-order valence-corrected chi connectivity index (χ1v) is 7.10. The fraction of sp³-hybridized carbons (Fsp3) is 0.385. The SMILES string of the molecule is NC1CCC(C(=O)Nc2cc(-n3cnnn3)ccc2Cl)C1. The van der Waals surface area contributed by atoms with Crippen LogP contribution < -0.4 is 11.1 Å². The van der Waals surface area contributed by atoms with Crippen molar-refractivity contribution >= 4 is 23.2 Å². The third-order valence-corrected chi connectivity index (χ3v) is 3.99. The Bertz CT molecular complexity index is 644. The van der Waals surface area contributed by atoms with Gasteiger partial charge in [0, 0.05) is 12.0 Å². The van der Waals surface area contributed by atoms with Crippen molar-refractivity contribution in [1.82, 2.24) is 20.2 Å². The molecule has 1 aromatic carbocycles. The average molecular weight is 307 g/mol. The van der Waals surface area contributed by atoms with Crippen LogP contribution in [0.4, 0.5) is 5.69 Å². The van der Waals surface area contributed by atoms with Crippen LogP contribution in [0.25, 0.3) is 5.69 Å². The summed E-state index contributed by atoms with van der Waals surface area (Å²) in [7, 11) is 0. The molecule has 1 fully saturated rings. The molecule has 8 heteroatoms. The Balaban J connectivity index is 1.78. The maximum atomic E-state index is 12.2. The van der Waals surface area contributed by atoms with Gasteiger partial charge in [0.2, 0.25) is 5.91 Å². The van der Waals surface area contributed by atoms with Crippen LogP contribution >= 0.6 is 11.6 Å². The van der Waals surface area contributed by atoms with Crippen molar-refractivity contribution in [3.63, 3.8) is 0 Å². The number of benzene rings is 1. The summed E-state index contributed by atoms with van der Waals surface area (Å²) in [6, 6.07) is 5.34. The highest BCUT2D eigenvalue weighted by Gasteiger charge is 2.28. The quantitative estimate of drug-likeness (QED) is 0.892. The Morgan fingerprint density at radius 3 is 2.95 bits per heavy atom. The minimum atomic E-state index is -0.0484. The standard InChI is InChI=1S/C13H15ClN6O/c14-11-4-3-10(20-7-16-18-19-20)6-12(11)17-13(21)8-1-2-9(15)5-8/h3-4,6-9H,1-2,5,15H2,(H,17,21). The molecule has 0 aliphatic heterocycles. The molecule has 0 saturated heterocycles. The van der Waals surface area contributed by atoms with Crippen molar-refractivity contribution < 1.29 is 4.79 Å². The summed E-state index contributed by atoms with van der Waals surface area (Å²) in [5.41, 5.74) is 7.12. The number of rotatable bonds is 3. The molecule has 7 nitrogen and oxygen atoms in total. The van der Waals surface area contributed by atoms with Crippen LogP contribution in [0.2, 0.25) is 5.02 Å². The van der Waals surface area contributed by atoms with Crippen LogP contribution in [-0.4, -0.2) is 32.2 Å². The highest BCUT2D eigenvalue weighted by molar-refractivity contribution is 6.33. The maximum Gasteiger partial charge on any atom is 0.227 e. The summed E-state index contributed by atoms with van der Waals surface area (Å²) in [6.45, 7) is 0.